The Balaban J connectivity index is 1.41. The first kappa shape index (κ1) is 25.2. The summed E-state index contributed by atoms with van der Waals surface area (Å²) in [5, 5.41) is 0. The minimum absolute atomic E-state index is 0.195. The van der Waals surface area contributed by atoms with E-state index in [-0.39, 0.29) is 5.91 Å². The Hall–Kier alpha value is -2.38. The van der Waals surface area contributed by atoms with Gasteiger partial charge in [-0.25, -0.2) is 0 Å². The number of thioether (sulfide) groups is 1. The van der Waals surface area contributed by atoms with Crippen LogP contribution in [0.25, 0.3) is 0 Å². The molecule has 0 saturated carbocycles. The first-order chi connectivity index (χ1) is 15.9. The fourth-order valence-electron chi connectivity index (χ4n) is 4.05. The number of amides is 1. The maximum atomic E-state index is 12.8. The maximum absolute atomic E-state index is 12.8. The van der Waals surface area contributed by atoms with E-state index >= 15 is 0 Å². The van der Waals surface area contributed by atoms with Crippen molar-refractivity contribution in [2.75, 3.05) is 72.2 Å². The van der Waals surface area contributed by atoms with E-state index in [0.29, 0.717) is 12.2 Å². The van der Waals surface area contributed by atoms with E-state index in [1.54, 1.807) is 14.2 Å². The summed E-state index contributed by atoms with van der Waals surface area (Å²) in [6.45, 7) is 3.56. The molecule has 33 heavy (non-hydrogen) atoms. The fourth-order valence-corrected chi connectivity index (χ4v) is 5.02. The summed E-state index contributed by atoms with van der Waals surface area (Å²) in [5.41, 5.74) is 3.45. The summed E-state index contributed by atoms with van der Waals surface area (Å²) in [6, 6.07) is 12.7. The van der Waals surface area contributed by atoms with E-state index in [9.17, 15) is 4.79 Å². The highest BCUT2D eigenvalue weighted by Crippen LogP contribution is 2.32. The molecule has 0 unspecified atom stereocenters. The maximum Gasteiger partial charge on any atom is 0.227 e. The van der Waals surface area contributed by atoms with E-state index in [2.05, 4.69) is 55.2 Å². The molecule has 0 radical (unpaired) electrons. The molecule has 1 amide bonds. The molecule has 1 aliphatic rings. The van der Waals surface area contributed by atoms with Gasteiger partial charge in [0.15, 0.2) is 11.5 Å². The summed E-state index contributed by atoms with van der Waals surface area (Å²) >= 11 is 1.89. The third-order valence-corrected chi connectivity index (χ3v) is 7.11. The first-order valence-electron chi connectivity index (χ1n) is 11.5. The van der Waals surface area contributed by atoms with E-state index in [4.69, 9.17) is 9.47 Å². The van der Waals surface area contributed by atoms with E-state index < -0.39 is 0 Å². The van der Waals surface area contributed by atoms with Gasteiger partial charge in [-0.3, -0.25) is 4.79 Å². The van der Waals surface area contributed by atoms with Gasteiger partial charge in [-0.15, -0.1) is 11.8 Å². The summed E-state index contributed by atoms with van der Waals surface area (Å²) in [4.78, 5) is 20.6. The number of rotatable bonds is 11. The van der Waals surface area contributed by atoms with Gasteiger partial charge in [-0.05, 0) is 74.0 Å². The van der Waals surface area contributed by atoms with E-state index in [1.165, 1.54) is 16.1 Å². The number of hydrogen-bond acceptors (Lipinski definition) is 6. The molecular weight excluding hydrogens is 434 g/mol. The van der Waals surface area contributed by atoms with Crippen molar-refractivity contribution in [1.82, 2.24) is 9.80 Å². The minimum atomic E-state index is 0.195. The lowest BCUT2D eigenvalue weighted by molar-refractivity contribution is -0.130. The molecular formula is C26H37N3O3S. The number of carbonyl (C=O) groups excluding carboxylic acids is 1. The average Bonchev–Trinajstić information content (AvgIpc) is 2.96. The van der Waals surface area contributed by atoms with E-state index in [0.717, 1.165) is 56.1 Å². The molecule has 1 heterocycles. The quantitative estimate of drug-likeness (QED) is 0.465. The van der Waals surface area contributed by atoms with Gasteiger partial charge in [0.2, 0.25) is 5.91 Å². The predicted molar refractivity (Wildman–Crippen MR) is 137 cm³/mol. The summed E-state index contributed by atoms with van der Waals surface area (Å²) in [6.07, 6.45) is 2.25. The van der Waals surface area contributed by atoms with Gasteiger partial charge in [0.1, 0.15) is 0 Å². The molecule has 3 rings (SSSR count). The van der Waals surface area contributed by atoms with Crippen LogP contribution in [0, 0.1) is 0 Å². The van der Waals surface area contributed by atoms with Crippen molar-refractivity contribution in [3.8, 4) is 11.5 Å². The zero-order chi connectivity index (χ0) is 23.8. The van der Waals surface area contributed by atoms with Crippen LogP contribution in [-0.4, -0.2) is 83.0 Å². The highest BCUT2D eigenvalue weighted by atomic mass is 32.2. The number of ether oxygens (including phenoxy) is 2. The Morgan fingerprint density at radius 3 is 2.27 bits per heavy atom. The molecule has 0 N–H and O–H groups in total. The molecule has 7 heteroatoms. The van der Waals surface area contributed by atoms with Crippen LogP contribution in [0.4, 0.5) is 5.69 Å². The van der Waals surface area contributed by atoms with Gasteiger partial charge < -0.3 is 24.2 Å². The highest BCUT2D eigenvalue weighted by Gasteiger charge is 2.22. The van der Waals surface area contributed by atoms with Gasteiger partial charge in [-0.1, -0.05) is 0 Å². The van der Waals surface area contributed by atoms with Crippen LogP contribution in [-0.2, 0) is 17.6 Å². The number of nitrogens with zero attached hydrogens (tertiary/aromatic N) is 3. The van der Waals surface area contributed by atoms with Gasteiger partial charge >= 0.3 is 0 Å². The smallest absolute Gasteiger partial charge is 0.227 e. The lowest BCUT2D eigenvalue weighted by atomic mass is 10.0. The Labute approximate surface area is 202 Å². The summed E-state index contributed by atoms with van der Waals surface area (Å²) < 4.78 is 10.8. The average molecular weight is 472 g/mol. The lowest BCUT2D eigenvalue weighted by Crippen LogP contribution is -2.35. The van der Waals surface area contributed by atoms with Gasteiger partial charge in [0, 0.05) is 50.1 Å². The fraction of sp³-hybridized carbons (Fsp3) is 0.500. The van der Waals surface area contributed by atoms with Crippen molar-refractivity contribution >= 4 is 23.4 Å². The third-order valence-electron chi connectivity index (χ3n) is 6.11. The van der Waals surface area contributed by atoms with Crippen LogP contribution < -0.4 is 14.4 Å². The highest BCUT2D eigenvalue weighted by molar-refractivity contribution is 7.99. The van der Waals surface area contributed by atoms with Gasteiger partial charge in [-0.2, -0.15) is 0 Å². The summed E-state index contributed by atoms with van der Waals surface area (Å²) in [7, 11) is 9.56. The molecule has 0 atom stereocenters. The van der Waals surface area contributed by atoms with Crippen LogP contribution in [0.1, 0.15) is 17.5 Å². The monoisotopic (exact) mass is 471 g/mol. The Morgan fingerprint density at radius 1 is 0.970 bits per heavy atom. The Bertz CT molecular complexity index is 918. The van der Waals surface area contributed by atoms with Gasteiger partial charge in [0.05, 0.1) is 20.6 Å². The molecule has 180 valence electrons. The molecule has 0 bridgehead atoms. The largest absolute Gasteiger partial charge is 0.493 e. The zero-order valence-corrected chi connectivity index (χ0v) is 21.4. The second kappa shape index (κ2) is 12.2. The second-order valence-corrected chi connectivity index (χ2v) is 9.85. The zero-order valence-electron chi connectivity index (χ0n) is 20.6. The molecule has 6 nitrogen and oxygen atoms in total. The lowest BCUT2D eigenvalue weighted by Gasteiger charge is -2.22. The molecule has 2 aromatic carbocycles. The molecule has 0 aliphatic carbocycles. The minimum Gasteiger partial charge on any atom is -0.493 e. The standard InChI is InChI=1S/C26H37N3O3S/c1-27(2)22-7-9-23(10-8-22)33-16-15-28(3)12-6-13-29-14-11-20-17-24(31-4)25(32-5)18-21(20)19-26(29)30/h7-10,17-18H,6,11-16,19H2,1-5H3. The number of anilines is 1. The Kier molecular flexibility index (Phi) is 9.32. The third kappa shape index (κ3) is 7.05. The molecule has 0 aromatic heterocycles. The second-order valence-electron chi connectivity index (χ2n) is 8.68. The van der Waals surface area contributed by atoms with Crippen LogP contribution in [0.3, 0.4) is 0 Å². The van der Waals surface area contributed by atoms with E-state index in [1.807, 2.05) is 28.8 Å². The number of hydrogen-bond donors (Lipinski definition) is 0. The molecule has 0 spiro atoms. The van der Waals surface area contributed by atoms with Crippen molar-refractivity contribution in [3.63, 3.8) is 0 Å². The predicted octanol–water partition coefficient (Wildman–Crippen LogP) is 3.81. The van der Waals surface area contributed by atoms with Crippen molar-refractivity contribution in [2.24, 2.45) is 0 Å². The van der Waals surface area contributed by atoms with Crippen LogP contribution in [0.5, 0.6) is 11.5 Å². The molecule has 1 aliphatic heterocycles. The van der Waals surface area contributed by atoms with Crippen molar-refractivity contribution in [3.05, 3.63) is 47.5 Å². The molecule has 0 saturated heterocycles. The van der Waals surface area contributed by atoms with Crippen LogP contribution in [0.2, 0.25) is 0 Å². The summed E-state index contributed by atoms with van der Waals surface area (Å²) in [5.74, 6) is 2.66. The number of carbonyl (C=O) groups is 1. The first-order valence-corrected chi connectivity index (χ1v) is 12.5. The number of methoxy groups -OCH3 is 2. The van der Waals surface area contributed by atoms with Crippen LogP contribution in [0.15, 0.2) is 41.3 Å². The SMILES string of the molecule is COc1cc2c(cc1OC)CC(=O)N(CCCN(C)CCSc1ccc(N(C)C)cc1)CC2. The normalized spacial score (nSPS) is 13.6. The topological polar surface area (TPSA) is 45.3 Å². The van der Waals surface area contributed by atoms with Gasteiger partial charge in [0.25, 0.3) is 0 Å². The molecule has 2 aromatic rings. The Morgan fingerprint density at radius 2 is 1.64 bits per heavy atom. The molecule has 0 fully saturated rings. The van der Waals surface area contributed by atoms with Crippen LogP contribution >= 0.6 is 11.8 Å². The van der Waals surface area contributed by atoms with Crippen molar-refractivity contribution in [1.29, 1.82) is 0 Å². The van der Waals surface area contributed by atoms with Crippen molar-refractivity contribution < 1.29 is 14.3 Å². The number of benzene rings is 2. The number of fused-ring (bicyclic) bond motifs is 1. The van der Waals surface area contributed by atoms with Crippen molar-refractivity contribution in [2.45, 2.75) is 24.2 Å².